The SMILES string of the molecule is COc1ccc(C=C(C(=O)OC(C)C)P(=O)(OC)OC)cc1O. The van der Waals surface area contributed by atoms with Gasteiger partial charge in [-0.1, -0.05) is 6.07 Å². The fourth-order valence-electron chi connectivity index (χ4n) is 1.75. The minimum absolute atomic E-state index is 0.123. The van der Waals surface area contributed by atoms with Gasteiger partial charge in [-0.3, -0.25) is 4.57 Å². The highest BCUT2D eigenvalue weighted by atomic mass is 31.2. The molecule has 0 fully saturated rings. The lowest BCUT2D eigenvalue weighted by Gasteiger charge is -2.17. The van der Waals surface area contributed by atoms with E-state index >= 15 is 0 Å². The van der Waals surface area contributed by atoms with Crippen molar-refractivity contribution in [3.05, 3.63) is 29.1 Å². The van der Waals surface area contributed by atoms with Gasteiger partial charge in [0.15, 0.2) is 11.5 Å². The van der Waals surface area contributed by atoms with Gasteiger partial charge in [0.2, 0.25) is 0 Å². The van der Waals surface area contributed by atoms with Crippen LogP contribution in [0, 0.1) is 0 Å². The zero-order valence-corrected chi connectivity index (χ0v) is 14.6. The maximum Gasteiger partial charge on any atom is 0.368 e. The molecular formula is C15H21O7P. The van der Waals surface area contributed by atoms with Crippen LogP contribution in [0.1, 0.15) is 19.4 Å². The molecule has 1 rings (SSSR count). The number of esters is 1. The van der Waals surface area contributed by atoms with Crippen LogP contribution in [0.2, 0.25) is 0 Å². The van der Waals surface area contributed by atoms with Crippen molar-refractivity contribution in [3.8, 4) is 11.5 Å². The number of benzene rings is 1. The van der Waals surface area contributed by atoms with Crippen molar-refractivity contribution in [2.45, 2.75) is 20.0 Å². The van der Waals surface area contributed by atoms with Crippen molar-refractivity contribution < 1.29 is 33.0 Å². The number of hydrogen-bond donors (Lipinski definition) is 1. The second kappa shape index (κ2) is 8.15. The van der Waals surface area contributed by atoms with Crippen LogP contribution >= 0.6 is 7.60 Å². The molecule has 0 aliphatic heterocycles. The van der Waals surface area contributed by atoms with Gasteiger partial charge in [-0.05, 0) is 37.6 Å². The van der Waals surface area contributed by atoms with E-state index in [1.165, 1.54) is 39.5 Å². The van der Waals surface area contributed by atoms with Gasteiger partial charge >= 0.3 is 13.6 Å². The first-order valence-electron chi connectivity index (χ1n) is 6.79. The molecule has 0 bridgehead atoms. The van der Waals surface area contributed by atoms with E-state index in [1.807, 2.05) is 0 Å². The van der Waals surface area contributed by atoms with Crippen molar-refractivity contribution in [2.75, 3.05) is 21.3 Å². The predicted molar refractivity (Wildman–Crippen MR) is 85.5 cm³/mol. The Balaban J connectivity index is 3.36. The molecule has 0 spiro atoms. The van der Waals surface area contributed by atoms with Gasteiger partial charge in [-0.25, -0.2) is 4.79 Å². The average Bonchev–Trinajstić information content (AvgIpc) is 2.51. The number of aromatic hydroxyl groups is 1. The maximum absolute atomic E-state index is 12.6. The molecule has 0 aromatic heterocycles. The molecule has 1 N–H and O–H groups in total. The average molecular weight is 344 g/mol. The number of phenols is 1. The summed E-state index contributed by atoms with van der Waals surface area (Å²) in [7, 11) is -0.0668. The molecule has 8 heteroatoms. The molecular weight excluding hydrogens is 323 g/mol. The summed E-state index contributed by atoms with van der Waals surface area (Å²) in [5.74, 6) is -0.667. The summed E-state index contributed by atoms with van der Waals surface area (Å²) < 4.78 is 32.4. The van der Waals surface area contributed by atoms with E-state index in [0.717, 1.165) is 0 Å². The van der Waals surface area contributed by atoms with Gasteiger partial charge in [-0.2, -0.15) is 0 Å². The standard InChI is InChI=1S/C15H21O7P/c1-10(2)22-15(17)14(23(18,20-4)21-5)9-11-6-7-13(19-3)12(16)8-11/h6-10,16H,1-5H3. The van der Waals surface area contributed by atoms with Gasteiger partial charge in [0, 0.05) is 14.2 Å². The predicted octanol–water partition coefficient (Wildman–Crippen LogP) is 3.18. The number of hydrogen-bond acceptors (Lipinski definition) is 7. The van der Waals surface area contributed by atoms with E-state index in [-0.39, 0.29) is 16.8 Å². The fourth-order valence-corrected chi connectivity index (χ4v) is 2.88. The van der Waals surface area contributed by atoms with E-state index in [9.17, 15) is 14.5 Å². The summed E-state index contributed by atoms with van der Waals surface area (Å²) in [6, 6.07) is 4.45. The summed E-state index contributed by atoms with van der Waals surface area (Å²) >= 11 is 0. The Morgan fingerprint density at radius 3 is 2.26 bits per heavy atom. The monoisotopic (exact) mass is 344 g/mol. The fraction of sp³-hybridized carbons (Fsp3) is 0.400. The summed E-state index contributed by atoms with van der Waals surface area (Å²) in [5.41, 5.74) is 0.410. The highest BCUT2D eigenvalue weighted by Crippen LogP contribution is 2.55. The van der Waals surface area contributed by atoms with Gasteiger partial charge in [-0.15, -0.1) is 0 Å². The van der Waals surface area contributed by atoms with Crippen molar-refractivity contribution in [3.63, 3.8) is 0 Å². The molecule has 0 unspecified atom stereocenters. The molecule has 0 aliphatic carbocycles. The molecule has 0 radical (unpaired) electrons. The van der Waals surface area contributed by atoms with Crippen molar-refractivity contribution in [1.82, 2.24) is 0 Å². The van der Waals surface area contributed by atoms with Crippen LogP contribution in [0.15, 0.2) is 23.5 Å². The molecule has 7 nitrogen and oxygen atoms in total. The summed E-state index contributed by atoms with van der Waals surface area (Å²) in [6.45, 7) is 3.33. The number of carbonyl (C=O) groups excluding carboxylic acids is 1. The lowest BCUT2D eigenvalue weighted by molar-refractivity contribution is -0.141. The van der Waals surface area contributed by atoms with Crippen LogP contribution in [0.25, 0.3) is 6.08 Å². The lowest BCUT2D eigenvalue weighted by atomic mass is 10.2. The van der Waals surface area contributed by atoms with Crippen molar-refractivity contribution >= 4 is 19.6 Å². The number of phenolic OH excluding ortho intramolecular Hbond substituents is 1. The van der Waals surface area contributed by atoms with Crippen molar-refractivity contribution in [1.29, 1.82) is 0 Å². The number of rotatable bonds is 7. The molecule has 0 atom stereocenters. The summed E-state index contributed by atoms with van der Waals surface area (Å²) in [4.78, 5) is 12.2. The Morgan fingerprint density at radius 2 is 1.83 bits per heavy atom. The Labute approximate surface area is 135 Å². The largest absolute Gasteiger partial charge is 0.504 e. The molecule has 0 saturated carbocycles. The van der Waals surface area contributed by atoms with E-state index in [0.29, 0.717) is 5.56 Å². The Hall–Kier alpha value is -1.82. The van der Waals surface area contributed by atoms with Crippen LogP contribution < -0.4 is 4.74 Å². The minimum Gasteiger partial charge on any atom is -0.504 e. The van der Waals surface area contributed by atoms with Crippen LogP contribution in [-0.2, 0) is 23.1 Å². The molecule has 0 amide bonds. The van der Waals surface area contributed by atoms with E-state index in [4.69, 9.17) is 18.5 Å². The van der Waals surface area contributed by atoms with E-state index in [2.05, 4.69) is 0 Å². The van der Waals surface area contributed by atoms with Gasteiger partial charge in [0.05, 0.1) is 13.2 Å². The van der Waals surface area contributed by atoms with Crippen LogP contribution in [-0.4, -0.2) is 38.5 Å². The Morgan fingerprint density at radius 1 is 1.22 bits per heavy atom. The lowest BCUT2D eigenvalue weighted by Crippen LogP contribution is -2.15. The highest BCUT2D eigenvalue weighted by molar-refractivity contribution is 7.60. The first kappa shape index (κ1) is 19.2. The van der Waals surface area contributed by atoms with Gasteiger partial charge in [0.1, 0.15) is 5.31 Å². The quantitative estimate of drug-likeness (QED) is 0.461. The van der Waals surface area contributed by atoms with Gasteiger partial charge in [0.25, 0.3) is 0 Å². The number of carbonyl (C=O) groups is 1. The molecule has 1 aromatic carbocycles. The summed E-state index contributed by atoms with van der Waals surface area (Å²) in [5, 5.41) is 9.54. The smallest absolute Gasteiger partial charge is 0.368 e. The molecule has 23 heavy (non-hydrogen) atoms. The maximum atomic E-state index is 12.6. The zero-order valence-electron chi connectivity index (χ0n) is 13.7. The number of ether oxygens (including phenoxy) is 2. The normalized spacial score (nSPS) is 12.3. The van der Waals surface area contributed by atoms with Gasteiger partial charge < -0.3 is 23.6 Å². The second-order valence-corrected chi connectivity index (χ2v) is 6.98. The van der Waals surface area contributed by atoms with Crippen molar-refractivity contribution in [2.24, 2.45) is 0 Å². The molecule has 0 saturated heterocycles. The third-order valence-electron chi connectivity index (χ3n) is 2.83. The second-order valence-electron chi connectivity index (χ2n) is 4.78. The molecule has 1 aromatic rings. The third-order valence-corrected chi connectivity index (χ3v) is 4.70. The zero-order chi connectivity index (χ0) is 17.6. The minimum atomic E-state index is -3.83. The topological polar surface area (TPSA) is 91.3 Å². The summed E-state index contributed by atoms with van der Waals surface area (Å²) in [6.07, 6.45) is 0.884. The highest BCUT2D eigenvalue weighted by Gasteiger charge is 2.35. The van der Waals surface area contributed by atoms with Crippen LogP contribution in [0.3, 0.4) is 0 Å². The molecule has 0 heterocycles. The Kier molecular flexibility index (Phi) is 6.81. The van der Waals surface area contributed by atoms with E-state index in [1.54, 1.807) is 19.9 Å². The first-order valence-corrected chi connectivity index (χ1v) is 8.33. The first-order chi connectivity index (χ1) is 10.8. The van der Waals surface area contributed by atoms with Crippen LogP contribution in [0.5, 0.6) is 11.5 Å². The third kappa shape index (κ3) is 4.82. The van der Waals surface area contributed by atoms with Crippen LogP contribution in [0.4, 0.5) is 0 Å². The molecule has 128 valence electrons. The number of methoxy groups -OCH3 is 1. The Bertz CT molecular complexity index is 629. The van der Waals surface area contributed by atoms with E-state index < -0.39 is 19.7 Å². The molecule has 0 aliphatic rings.